The molecule has 0 saturated heterocycles. The summed E-state index contributed by atoms with van der Waals surface area (Å²) in [5.74, 6) is -0.458. The minimum atomic E-state index is -0.575. The zero-order chi connectivity index (χ0) is 13.7. The molecule has 1 amide bonds. The van der Waals surface area contributed by atoms with Crippen molar-refractivity contribution in [2.45, 2.75) is 13.0 Å². The van der Waals surface area contributed by atoms with Crippen LogP contribution in [0.1, 0.15) is 17.3 Å². The van der Waals surface area contributed by atoms with Crippen molar-refractivity contribution in [1.82, 2.24) is 5.32 Å². The average molecular weight is 253 g/mol. The van der Waals surface area contributed by atoms with Gasteiger partial charge in [-0.3, -0.25) is 14.9 Å². The van der Waals surface area contributed by atoms with Crippen LogP contribution >= 0.6 is 0 Å². The van der Waals surface area contributed by atoms with Crippen LogP contribution in [0, 0.1) is 10.1 Å². The van der Waals surface area contributed by atoms with E-state index in [4.69, 9.17) is 10.5 Å². The molecule has 0 heterocycles. The number of amides is 1. The quantitative estimate of drug-likeness (QED) is 0.461. The number of benzene rings is 1. The molecule has 0 aliphatic carbocycles. The van der Waals surface area contributed by atoms with Crippen molar-refractivity contribution in [3.05, 3.63) is 33.9 Å². The molecule has 0 spiro atoms. The van der Waals surface area contributed by atoms with Gasteiger partial charge in [0.25, 0.3) is 11.6 Å². The second-order valence-corrected chi connectivity index (χ2v) is 3.86. The minimum Gasteiger partial charge on any atom is -0.398 e. The van der Waals surface area contributed by atoms with E-state index >= 15 is 0 Å². The largest absolute Gasteiger partial charge is 0.398 e. The molecule has 0 aromatic heterocycles. The molecule has 0 saturated carbocycles. The van der Waals surface area contributed by atoms with Crippen molar-refractivity contribution in [2.24, 2.45) is 0 Å². The van der Waals surface area contributed by atoms with E-state index in [0.717, 1.165) is 6.07 Å². The zero-order valence-corrected chi connectivity index (χ0v) is 10.2. The Balaban J connectivity index is 2.91. The van der Waals surface area contributed by atoms with Crippen LogP contribution < -0.4 is 11.1 Å². The van der Waals surface area contributed by atoms with E-state index in [9.17, 15) is 14.9 Å². The maximum atomic E-state index is 11.9. The van der Waals surface area contributed by atoms with Gasteiger partial charge in [0.05, 0.1) is 17.1 Å². The van der Waals surface area contributed by atoms with Crippen LogP contribution in [-0.2, 0) is 4.74 Å². The van der Waals surface area contributed by atoms with Crippen LogP contribution in [0.15, 0.2) is 18.2 Å². The number of hydrogen-bond donors (Lipinski definition) is 2. The number of nitro benzene ring substituents is 1. The van der Waals surface area contributed by atoms with Gasteiger partial charge < -0.3 is 15.8 Å². The van der Waals surface area contributed by atoms with Crippen LogP contribution in [0.4, 0.5) is 11.4 Å². The van der Waals surface area contributed by atoms with Gasteiger partial charge in [0.1, 0.15) is 0 Å². The monoisotopic (exact) mass is 253 g/mol. The summed E-state index contributed by atoms with van der Waals surface area (Å²) in [6.45, 7) is 2.11. The van der Waals surface area contributed by atoms with E-state index in [1.54, 1.807) is 6.92 Å². The lowest BCUT2D eigenvalue weighted by Gasteiger charge is -2.13. The Labute approximate surface area is 104 Å². The molecule has 0 fully saturated rings. The van der Waals surface area contributed by atoms with Gasteiger partial charge in [-0.15, -0.1) is 0 Å². The molecule has 0 aliphatic heterocycles. The number of carbonyl (C=O) groups excluding carboxylic acids is 1. The molecule has 7 heteroatoms. The summed E-state index contributed by atoms with van der Waals surface area (Å²) in [6.07, 6.45) is 0. The standard InChI is InChI=1S/C11H15N3O4/c1-7(6-18-2)13-11(15)9-5-8(14(16)17)3-4-10(9)12/h3-5,7H,6,12H2,1-2H3,(H,13,15). The molecule has 0 aliphatic rings. The highest BCUT2D eigenvalue weighted by molar-refractivity contribution is 5.99. The Kier molecular flexibility index (Phi) is 4.61. The van der Waals surface area contributed by atoms with Gasteiger partial charge in [-0.1, -0.05) is 0 Å². The van der Waals surface area contributed by atoms with Crippen molar-refractivity contribution in [2.75, 3.05) is 19.5 Å². The van der Waals surface area contributed by atoms with Crippen molar-refractivity contribution >= 4 is 17.3 Å². The van der Waals surface area contributed by atoms with Gasteiger partial charge in [0.15, 0.2) is 0 Å². The van der Waals surface area contributed by atoms with E-state index in [1.807, 2.05) is 0 Å². The van der Waals surface area contributed by atoms with Gasteiger partial charge in [-0.05, 0) is 13.0 Å². The number of anilines is 1. The van der Waals surface area contributed by atoms with Crippen molar-refractivity contribution in [3.8, 4) is 0 Å². The average Bonchev–Trinajstić information content (AvgIpc) is 2.29. The molecule has 7 nitrogen and oxygen atoms in total. The van der Waals surface area contributed by atoms with Crippen LogP contribution in [0.2, 0.25) is 0 Å². The highest BCUT2D eigenvalue weighted by atomic mass is 16.6. The molecule has 3 N–H and O–H groups in total. The molecule has 98 valence electrons. The smallest absolute Gasteiger partial charge is 0.270 e. The molecule has 18 heavy (non-hydrogen) atoms. The van der Waals surface area contributed by atoms with E-state index in [1.165, 1.54) is 19.2 Å². The molecular weight excluding hydrogens is 238 g/mol. The Hall–Kier alpha value is -2.15. The summed E-state index contributed by atoms with van der Waals surface area (Å²) in [4.78, 5) is 21.9. The zero-order valence-electron chi connectivity index (χ0n) is 10.2. The van der Waals surface area contributed by atoms with Gasteiger partial charge in [-0.2, -0.15) is 0 Å². The number of carbonyl (C=O) groups is 1. The topological polar surface area (TPSA) is 107 Å². The number of nitrogen functional groups attached to an aromatic ring is 1. The Morgan fingerprint density at radius 3 is 2.83 bits per heavy atom. The first-order valence-corrected chi connectivity index (χ1v) is 5.29. The molecule has 0 bridgehead atoms. The minimum absolute atomic E-state index is 0.0900. The lowest BCUT2D eigenvalue weighted by molar-refractivity contribution is -0.384. The maximum Gasteiger partial charge on any atom is 0.270 e. The highest BCUT2D eigenvalue weighted by Crippen LogP contribution is 2.19. The number of nitrogens with zero attached hydrogens (tertiary/aromatic N) is 1. The number of non-ortho nitro benzene ring substituents is 1. The maximum absolute atomic E-state index is 11.9. The number of nitrogens with one attached hydrogen (secondary N) is 1. The van der Waals surface area contributed by atoms with E-state index in [2.05, 4.69) is 5.32 Å². The van der Waals surface area contributed by atoms with Crippen LogP contribution in [0.3, 0.4) is 0 Å². The Morgan fingerprint density at radius 2 is 2.28 bits per heavy atom. The predicted molar refractivity (Wildman–Crippen MR) is 66.3 cm³/mol. The molecular formula is C11H15N3O4. The first-order chi connectivity index (χ1) is 8.45. The second-order valence-electron chi connectivity index (χ2n) is 3.86. The fourth-order valence-corrected chi connectivity index (χ4v) is 1.45. The van der Waals surface area contributed by atoms with Crippen LogP contribution in [0.25, 0.3) is 0 Å². The van der Waals surface area contributed by atoms with Gasteiger partial charge in [0.2, 0.25) is 0 Å². The lowest BCUT2D eigenvalue weighted by atomic mass is 10.1. The number of methoxy groups -OCH3 is 1. The van der Waals surface area contributed by atoms with Crippen molar-refractivity contribution in [3.63, 3.8) is 0 Å². The Morgan fingerprint density at radius 1 is 1.61 bits per heavy atom. The number of nitrogens with two attached hydrogens (primary N) is 1. The van der Waals surface area contributed by atoms with Gasteiger partial charge in [0, 0.05) is 31.0 Å². The van der Waals surface area contributed by atoms with Crippen molar-refractivity contribution < 1.29 is 14.5 Å². The fraction of sp³-hybridized carbons (Fsp3) is 0.364. The third kappa shape index (κ3) is 3.42. The van der Waals surface area contributed by atoms with E-state index < -0.39 is 10.8 Å². The summed E-state index contributed by atoms with van der Waals surface area (Å²) < 4.78 is 4.88. The van der Waals surface area contributed by atoms with E-state index in [-0.39, 0.29) is 23.0 Å². The molecule has 0 radical (unpaired) electrons. The third-order valence-corrected chi connectivity index (χ3v) is 2.29. The summed E-state index contributed by atoms with van der Waals surface area (Å²) >= 11 is 0. The highest BCUT2D eigenvalue weighted by Gasteiger charge is 2.16. The first kappa shape index (κ1) is 13.9. The summed E-state index contributed by atoms with van der Waals surface area (Å²) in [6, 6.07) is 3.55. The lowest BCUT2D eigenvalue weighted by Crippen LogP contribution is -2.35. The number of nitro groups is 1. The molecule has 1 unspecified atom stereocenters. The summed E-state index contributed by atoms with van der Waals surface area (Å²) in [7, 11) is 1.52. The second kappa shape index (κ2) is 5.97. The third-order valence-electron chi connectivity index (χ3n) is 2.29. The molecule has 1 aromatic carbocycles. The van der Waals surface area contributed by atoms with E-state index in [0.29, 0.717) is 6.61 Å². The summed E-state index contributed by atoms with van der Waals surface area (Å²) in [5.41, 5.74) is 5.74. The molecule has 1 rings (SSSR count). The first-order valence-electron chi connectivity index (χ1n) is 5.29. The number of ether oxygens (including phenoxy) is 1. The van der Waals surface area contributed by atoms with Gasteiger partial charge in [-0.25, -0.2) is 0 Å². The summed E-state index contributed by atoms with van der Waals surface area (Å²) in [5, 5.41) is 13.3. The normalized spacial score (nSPS) is 11.9. The Bertz CT molecular complexity index is 462. The van der Waals surface area contributed by atoms with Crippen LogP contribution in [-0.4, -0.2) is 30.6 Å². The number of rotatable bonds is 5. The van der Waals surface area contributed by atoms with Crippen LogP contribution in [0.5, 0.6) is 0 Å². The molecule has 1 aromatic rings. The van der Waals surface area contributed by atoms with Crippen molar-refractivity contribution in [1.29, 1.82) is 0 Å². The number of hydrogen-bond acceptors (Lipinski definition) is 5. The SMILES string of the molecule is COCC(C)NC(=O)c1cc([N+](=O)[O-])ccc1N. The van der Waals surface area contributed by atoms with Gasteiger partial charge >= 0.3 is 0 Å². The molecule has 1 atom stereocenters. The fourth-order valence-electron chi connectivity index (χ4n) is 1.45. The predicted octanol–water partition coefficient (Wildman–Crippen LogP) is 0.942.